The molecule has 0 aliphatic carbocycles. The Morgan fingerprint density at radius 2 is 1.85 bits per heavy atom. The van der Waals surface area contributed by atoms with E-state index in [1.165, 1.54) is 0 Å². The second-order valence-electron chi connectivity index (χ2n) is 2.00. The largest absolute Gasteiger partial charge is 0.356 e. The monoisotopic (exact) mass is 188 g/mol. The summed E-state index contributed by atoms with van der Waals surface area (Å²) in [4.78, 5) is 34.8. The molecule has 7 nitrogen and oxygen atoms in total. The molecule has 1 aliphatic heterocycles. The van der Waals surface area contributed by atoms with E-state index < -0.39 is 11.9 Å². The van der Waals surface area contributed by atoms with Crippen LogP contribution >= 0.6 is 0 Å². The lowest BCUT2D eigenvalue weighted by Gasteiger charge is -2.13. The Labute approximate surface area is 73.5 Å². The first-order chi connectivity index (χ1) is 6.22. The Balaban J connectivity index is 2.47. The van der Waals surface area contributed by atoms with Crippen LogP contribution in [0.3, 0.4) is 0 Å². The third-order valence-electron chi connectivity index (χ3n) is 0.999. The summed E-state index contributed by atoms with van der Waals surface area (Å²) in [6.45, 7) is 0.277. The standard InChI is InChI=1S/C6H8N2O5/c7-3-4-11-8-12-5(9)1-2-6(10)13-8/h1-2H,3-4,7H2. The molecule has 13 heavy (non-hydrogen) atoms. The summed E-state index contributed by atoms with van der Waals surface area (Å²) in [6, 6.07) is 0. The lowest BCUT2D eigenvalue weighted by atomic mass is 10.5. The molecule has 0 amide bonds. The highest BCUT2D eigenvalue weighted by atomic mass is 17.2. The van der Waals surface area contributed by atoms with Gasteiger partial charge in [-0.2, -0.15) is 0 Å². The Bertz CT molecular complexity index is 219. The van der Waals surface area contributed by atoms with Gasteiger partial charge in [0.15, 0.2) is 5.39 Å². The predicted octanol–water partition coefficient (Wildman–Crippen LogP) is -1.34. The molecule has 0 aromatic rings. The van der Waals surface area contributed by atoms with E-state index in [4.69, 9.17) is 5.73 Å². The van der Waals surface area contributed by atoms with E-state index in [0.29, 0.717) is 5.39 Å². The minimum Gasteiger partial charge on any atom is -0.328 e. The van der Waals surface area contributed by atoms with Gasteiger partial charge in [-0.05, 0) is 0 Å². The number of rotatable bonds is 3. The van der Waals surface area contributed by atoms with Gasteiger partial charge in [-0.1, -0.05) is 0 Å². The molecule has 0 aromatic heterocycles. The molecule has 2 N–H and O–H groups in total. The highest BCUT2D eigenvalue weighted by Gasteiger charge is 2.19. The molecule has 0 saturated carbocycles. The molecular formula is C6H8N2O5. The minimum absolute atomic E-state index is 0.0700. The summed E-state index contributed by atoms with van der Waals surface area (Å²) in [7, 11) is 0. The van der Waals surface area contributed by atoms with Crippen LogP contribution in [0.15, 0.2) is 12.2 Å². The molecular weight excluding hydrogens is 180 g/mol. The first-order valence-electron chi connectivity index (χ1n) is 3.47. The van der Waals surface area contributed by atoms with Crippen molar-refractivity contribution in [3.05, 3.63) is 12.2 Å². The SMILES string of the molecule is NCCON1OC(=O)C=CC(=O)O1. The molecule has 0 unspecified atom stereocenters. The Kier molecular flexibility index (Phi) is 3.38. The molecule has 0 aromatic carbocycles. The molecule has 7 heteroatoms. The number of carbonyl (C=O) groups is 2. The first-order valence-corrected chi connectivity index (χ1v) is 3.47. The number of hydrogen-bond donors (Lipinski definition) is 1. The van der Waals surface area contributed by atoms with Gasteiger partial charge in [0, 0.05) is 18.7 Å². The molecule has 0 atom stereocenters. The van der Waals surface area contributed by atoms with Crippen molar-refractivity contribution in [3.8, 4) is 0 Å². The van der Waals surface area contributed by atoms with Gasteiger partial charge >= 0.3 is 11.9 Å². The number of hydrogen-bond acceptors (Lipinski definition) is 7. The van der Waals surface area contributed by atoms with Crippen LogP contribution in [0.1, 0.15) is 0 Å². The number of nitrogens with two attached hydrogens (primary N) is 1. The fraction of sp³-hybridized carbons (Fsp3) is 0.333. The van der Waals surface area contributed by atoms with Crippen LogP contribution in [-0.2, 0) is 24.1 Å². The lowest BCUT2D eigenvalue weighted by molar-refractivity contribution is -0.481. The maximum atomic E-state index is 10.7. The Morgan fingerprint density at radius 1 is 1.31 bits per heavy atom. The lowest BCUT2D eigenvalue weighted by Crippen LogP contribution is -2.29. The van der Waals surface area contributed by atoms with Crippen LogP contribution in [-0.4, -0.2) is 30.5 Å². The van der Waals surface area contributed by atoms with Crippen molar-refractivity contribution < 1.29 is 24.1 Å². The van der Waals surface area contributed by atoms with Gasteiger partial charge in [0.2, 0.25) is 0 Å². The van der Waals surface area contributed by atoms with Crippen molar-refractivity contribution in [3.63, 3.8) is 0 Å². The second-order valence-corrected chi connectivity index (χ2v) is 2.00. The predicted molar refractivity (Wildman–Crippen MR) is 38.2 cm³/mol. The topological polar surface area (TPSA) is 91.1 Å². The highest BCUT2D eigenvalue weighted by molar-refractivity contribution is 5.92. The van der Waals surface area contributed by atoms with Crippen molar-refractivity contribution in [1.29, 1.82) is 0 Å². The molecule has 0 radical (unpaired) electrons. The molecule has 1 heterocycles. The molecule has 1 rings (SSSR count). The molecule has 1 aliphatic rings. The van der Waals surface area contributed by atoms with E-state index in [0.717, 1.165) is 12.2 Å². The van der Waals surface area contributed by atoms with Crippen molar-refractivity contribution in [1.82, 2.24) is 5.39 Å². The highest BCUT2D eigenvalue weighted by Crippen LogP contribution is 2.01. The van der Waals surface area contributed by atoms with Gasteiger partial charge in [0.1, 0.15) is 0 Å². The summed E-state index contributed by atoms with van der Waals surface area (Å²) in [5.41, 5.74) is 5.11. The molecule has 0 bridgehead atoms. The number of carbonyl (C=O) groups excluding carboxylic acids is 2. The fourth-order valence-electron chi connectivity index (χ4n) is 0.542. The molecule has 0 spiro atoms. The van der Waals surface area contributed by atoms with Crippen LogP contribution in [0.4, 0.5) is 0 Å². The van der Waals surface area contributed by atoms with Crippen molar-refractivity contribution in [2.45, 2.75) is 0 Å². The zero-order chi connectivity index (χ0) is 9.68. The zero-order valence-electron chi connectivity index (χ0n) is 6.63. The summed E-state index contributed by atoms with van der Waals surface area (Å²) < 4.78 is 0. The van der Waals surface area contributed by atoms with Crippen LogP contribution in [0.25, 0.3) is 0 Å². The molecule has 0 fully saturated rings. The third-order valence-corrected chi connectivity index (χ3v) is 0.999. The van der Waals surface area contributed by atoms with Gasteiger partial charge in [0.05, 0.1) is 6.61 Å². The van der Waals surface area contributed by atoms with Gasteiger partial charge in [-0.15, -0.1) is 0 Å². The molecule has 0 saturated heterocycles. The van der Waals surface area contributed by atoms with Gasteiger partial charge in [-0.3, -0.25) is 0 Å². The van der Waals surface area contributed by atoms with Crippen LogP contribution in [0.2, 0.25) is 0 Å². The van der Waals surface area contributed by atoms with E-state index in [9.17, 15) is 9.59 Å². The Morgan fingerprint density at radius 3 is 2.31 bits per heavy atom. The second kappa shape index (κ2) is 4.55. The van der Waals surface area contributed by atoms with E-state index in [2.05, 4.69) is 14.5 Å². The van der Waals surface area contributed by atoms with Crippen LogP contribution in [0, 0.1) is 0 Å². The van der Waals surface area contributed by atoms with E-state index in [1.54, 1.807) is 0 Å². The van der Waals surface area contributed by atoms with Crippen molar-refractivity contribution in [2.24, 2.45) is 5.73 Å². The molecule has 72 valence electrons. The summed E-state index contributed by atoms with van der Waals surface area (Å²) >= 11 is 0. The minimum atomic E-state index is -0.761. The number of nitrogens with zero attached hydrogens (tertiary/aromatic N) is 1. The third kappa shape index (κ3) is 3.20. The van der Waals surface area contributed by atoms with E-state index in [-0.39, 0.29) is 13.2 Å². The fourth-order valence-corrected chi connectivity index (χ4v) is 0.542. The Hall–Kier alpha value is -1.44. The van der Waals surface area contributed by atoms with Crippen molar-refractivity contribution >= 4 is 11.9 Å². The zero-order valence-corrected chi connectivity index (χ0v) is 6.63. The van der Waals surface area contributed by atoms with Crippen LogP contribution < -0.4 is 5.73 Å². The smallest absolute Gasteiger partial charge is 0.328 e. The average molecular weight is 188 g/mol. The van der Waals surface area contributed by atoms with Crippen LogP contribution in [0.5, 0.6) is 0 Å². The van der Waals surface area contributed by atoms with Crippen molar-refractivity contribution in [2.75, 3.05) is 13.2 Å². The summed E-state index contributed by atoms with van der Waals surface area (Å²) in [6.07, 6.45) is 1.85. The van der Waals surface area contributed by atoms with Gasteiger partial charge < -0.3 is 15.4 Å². The normalized spacial score (nSPS) is 17.9. The van der Waals surface area contributed by atoms with E-state index >= 15 is 0 Å². The maximum Gasteiger partial charge on any atom is 0.356 e. The maximum absolute atomic E-state index is 10.7. The quantitative estimate of drug-likeness (QED) is 0.586. The summed E-state index contributed by atoms with van der Waals surface area (Å²) in [5, 5.41) is 0.331. The average Bonchev–Trinajstić information content (AvgIpc) is 2.25. The van der Waals surface area contributed by atoms with Gasteiger partial charge in [-0.25, -0.2) is 14.4 Å². The van der Waals surface area contributed by atoms with Gasteiger partial charge in [0.25, 0.3) is 0 Å². The first kappa shape index (κ1) is 9.65. The summed E-state index contributed by atoms with van der Waals surface area (Å²) in [5.74, 6) is -1.52. The van der Waals surface area contributed by atoms with E-state index in [1.807, 2.05) is 0 Å².